The Bertz CT molecular complexity index is 3810. The fraction of sp³-hybridized carbons (Fsp3) is 0. The van der Waals surface area contributed by atoms with Crippen LogP contribution in [0.1, 0.15) is 0 Å². The number of para-hydroxylation sites is 2. The Hall–Kier alpha value is -9.19. The molecule has 13 aromatic rings. The second-order valence-corrected chi connectivity index (χ2v) is 17.1. The summed E-state index contributed by atoms with van der Waals surface area (Å²) in [5, 5.41) is 4.46. The van der Waals surface area contributed by atoms with E-state index in [9.17, 15) is 0 Å². The van der Waals surface area contributed by atoms with Crippen molar-refractivity contribution in [3.8, 4) is 84.4 Å². The van der Waals surface area contributed by atoms with Gasteiger partial charge in [0, 0.05) is 44.0 Å². The zero-order valence-electron chi connectivity index (χ0n) is 36.8. The maximum absolute atomic E-state index is 6.62. The normalized spacial score (nSPS) is 11.5. The van der Waals surface area contributed by atoms with Gasteiger partial charge in [0.25, 0.3) is 0 Å². The lowest BCUT2D eigenvalue weighted by molar-refractivity contribution is 0.669. The molecule has 0 unspecified atom stereocenters. The molecule has 0 N–H and O–H groups in total. The first-order chi connectivity index (χ1) is 33.7. The van der Waals surface area contributed by atoms with Crippen LogP contribution in [0.3, 0.4) is 0 Å². The summed E-state index contributed by atoms with van der Waals surface area (Å²) in [6, 6.07) is 85.4. The number of hydrogen-bond acceptors (Lipinski definition) is 4. The van der Waals surface area contributed by atoms with Gasteiger partial charge in [0.2, 0.25) is 0 Å². The second-order valence-electron chi connectivity index (χ2n) is 17.1. The number of furan rings is 1. The van der Waals surface area contributed by atoms with Gasteiger partial charge in [-0.3, -0.25) is 0 Å². The molecule has 5 nitrogen and oxygen atoms in total. The van der Waals surface area contributed by atoms with Crippen LogP contribution < -0.4 is 0 Å². The molecule has 5 heteroatoms. The van der Waals surface area contributed by atoms with Crippen molar-refractivity contribution in [3.05, 3.63) is 243 Å². The molecule has 0 bridgehead atoms. The Balaban J connectivity index is 1.17. The highest BCUT2D eigenvalue weighted by atomic mass is 16.3. The highest BCUT2D eigenvalue weighted by Gasteiger charge is 2.25. The Kier molecular flexibility index (Phi) is 9.43. The van der Waals surface area contributed by atoms with E-state index in [1.54, 1.807) is 0 Å². The molecule has 0 aliphatic heterocycles. The fourth-order valence-corrected chi connectivity index (χ4v) is 9.83. The van der Waals surface area contributed by atoms with Gasteiger partial charge in [-0.25, -0.2) is 15.0 Å². The molecule has 0 spiro atoms. The highest BCUT2D eigenvalue weighted by Crippen LogP contribution is 2.47. The minimum atomic E-state index is 0.582. The average molecular weight is 869 g/mol. The zero-order valence-corrected chi connectivity index (χ0v) is 36.8. The van der Waals surface area contributed by atoms with Gasteiger partial charge >= 0.3 is 0 Å². The van der Waals surface area contributed by atoms with E-state index in [0.717, 1.165) is 111 Å². The molecule has 0 saturated heterocycles. The van der Waals surface area contributed by atoms with E-state index in [4.69, 9.17) is 19.4 Å². The molecule has 0 amide bonds. The maximum Gasteiger partial charge on any atom is 0.164 e. The van der Waals surface area contributed by atoms with E-state index < -0.39 is 0 Å². The first kappa shape index (κ1) is 39.2. The van der Waals surface area contributed by atoms with Gasteiger partial charge < -0.3 is 8.98 Å². The molecule has 0 atom stereocenters. The third-order valence-corrected chi connectivity index (χ3v) is 13.1. The number of benzene rings is 10. The fourth-order valence-electron chi connectivity index (χ4n) is 9.83. The number of nitrogens with zero attached hydrogens (tertiary/aromatic N) is 4. The predicted molar refractivity (Wildman–Crippen MR) is 279 cm³/mol. The molecule has 0 radical (unpaired) electrons. The third-order valence-electron chi connectivity index (χ3n) is 13.1. The van der Waals surface area contributed by atoms with Gasteiger partial charge in [0.05, 0.1) is 22.1 Å². The Morgan fingerprint density at radius 3 is 1.24 bits per heavy atom. The van der Waals surface area contributed by atoms with Crippen molar-refractivity contribution in [2.24, 2.45) is 0 Å². The topological polar surface area (TPSA) is 56.7 Å². The summed E-state index contributed by atoms with van der Waals surface area (Å²) in [5.41, 5.74) is 16.4. The summed E-state index contributed by atoms with van der Waals surface area (Å²) < 4.78 is 9.11. The highest BCUT2D eigenvalue weighted by molar-refractivity contribution is 6.25. The van der Waals surface area contributed by atoms with Crippen molar-refractivity contribution >= 4 is 43.7 Å². The third kappa shape index (κ3) is 6.76. The van der Waals surface area contributed by atoms with Gasteiger partial charge in [0.1, 0.15) is 11.2 Å². The molecular formula is C63H40N4O. The summed E-state index contributed by atoms with van der Waals surface area (Å²) in [4.78, 5) is 15.7. The van der Waals surface area contributed by atoms with Crippen LogP contribution in [0, 0.1) is 0 Å². The van der Waals surface area contributed by atoms with Crippen LogP contribution in [0.5, 0.6) is 0 Å². The van der Waals surface area contributed by atoms with Crippen LogP contribution in [0.25, 0.3) is 128 Å². The lowest BCUT2D eigenvalue weighted by Gasteiger charge is -2.21. The van der Waals surface area contributed by atoms with Crippen molar-refractivity contribution in [2.75, 3.05) is 0 Å². The van der Waals surface area contributed by atoms with Crippen LogP contribution in [-0.4, -0.2) is 19.5 Å². The summed E-state index contributed by atoms with van der Waals surface area (Å²) >= 11 is 0. The van der Waals surface area contributed by atoms with E-state index >= 15 is 0 Å². The molecule has 10 aromatic carbocycles. The Morgan fingerprint density at radius 1 is 0.294 bits per heavy atom. The first-order valence-corrected chi connectivity index (χ1v) is 22.9. The van der Waals surface area contributed by atoms with Gasteiger partial charge in [-0.15, -0.1) is 0 Å². The lowest BCUT2D eigenvalue weighted by atomic mass is 9.91. The monoisotopic (exact) mass is 868 g/mol. The van der Waals surface area contributed by atoms with Crippen LogP contribution in [0.2, 0.25) is 0 Å². The van der Waals surface area contributed by atoms with E-state index in [2.05, 4.69) is 205 Å². The maximum atomic E-state index is 6.62. The van der Waals surface area contributed by atoms with Crippen molar-refractivity contribution in [1.82, 2.24) is 19.5 Å². The van der Waals surface area contributed by atoms with Crippen LogP contribution >= 0.6 is 0 Å². The molecule has 0 aliphatic rings. The predicted octanol–water partition coefficient (Wildman–Crippen LogP) is 16.5. The van der Waals surface area contributed by atoms with Gasteiger partial charge in [-0.2, -0.15) is 0 Å². The van der Waals surface area contributed by atoms with Crippen molar-refractivity contribution in [2.45, 2.75) is 0 Å². The lowest BCUT2D eigenvalue weighted by Crippen LogP contribution is -2.04. The van der Waals surface area contributed by atoms with Crippen molar-refractivity contribution < 1.29 is 4.42 Å². The molecule has 3 aromatic heterocycles. The standard InChI is InChI=1S/C63H40N4O/c1-5-17-41(18-6-1)43-29-33-45(34-30-43)53-39-49(63-65-61(47-21-9-3-10-22-47)64-62(66-63)48-23-11-4-12-24-48)40-54(46-35-31-44(32-36-46)42-19-7-2-8-20-42)59(53)67-55-27-15-13-25-50(55)51-37-38-57-58(60(51)67)52-26-14-16-28-56(52)68-57/h1-40H. The van der Waals surface area contributed by atoms with Crippen LogP contribution in [0.15, 0.2) is 247 Å². The largest absolute Gasteiger partial charge is 0.456 e. The van der Waals surface area contributed by atoms with Gasteiger partial charge in [0.15, 0.2) is 17.5 Å². The molecule has 13 rings (SSSR count). The number of fused-ring (bicyclic) bond motifs is 7. The van der Waals surface area contributed by atoms with E-state index in [0.29, 0.717) is 17.5 Å². The average Bonchev–Trinajstić information content (AvgIpc) is 3.97. The van der Waals surface area contributed by atoms with E-state index in [1.165, 1.54) is 0 Å². The quantitative estimate of drug-likeness (QED) is 0.153. The zero-order chi connectivity index (χ0) is 45.0. The SMILES string of the molecule is c1ccc(-c2ccc(-c3cc(-c4nc(-c5ccccc5)nc(-c5ccccc5)n4)cc(-c4ccc(-c5ccccc5)cc4)c3-n3c4ccccc4c4ccc5oc6ccccc6c5c43)cc2)cc1. The minimum Gasteiger partial charge on any atom is -0.456 e. The summed E-state index contributed by atoms with van der Waals surface area (Å²) in [7, 11) is 0. The molecular weight excluding hydrogens is 829 g/mol. The van der Waals surface area contributed by atoms with Gasteiger partial charge in [-0.05, 0) is 69.8 Å². The number of rotatable bonds is 8. The van der Waals surface area contributed by atoms with Crippen LogP contribution in [-0.2, 0) is 0 Å². The Morgan fingerprint density at radius 2 is 0.706 bits per heavy atom. The van der Waals surface area contributed by atoms with Gasteiger partial charge in [-0.1, -0.05) is 206 Å². The van der Waals surface area contributed by atoms with Crippen molar-refractivity contribution in [3.63, 3.8) is 0 Å². The van der Waals surface area contributed by atoms with Crippen LogP contribution in [0.4, 0.5) is 0 Å². The Labute approximate surface area is 392 Å². The number of aromatic nitrogens is 4. The summed E-state index contributed by atoms with van der Waals surface area (Å²) in [6.07, 6.45) is 0. The summed E-state index contributed by atoms with van der Waals surface area (Å²) in [5.74, 6) is 1.80. The van der Waals surface area contributed by atoms with E-state index in [-0.39, 0.29) is 0 Å². The molecule has 3 heterocycles. The number of hydrogen-bond donors (Lipinski definition) is 0. The molecule has 318 valence electrons. The smallest absolute Gasteiger partial charge is 0.164 e. The molecule has 0 aliphatic carbocycles. The molecule has 0 saturated carbocycles. The molecule has 0 fully saturated rings. The first-order valence-electron chi connectivity index (χ1n) is 22.9. The summed E-state index contributed by atoms with van der Waals surface area (Å²) in [6.45, 7) is 0. The van der Waals surface area contributed by atoms with E-state index in [1.807, 2.05) is 42.5 Å². The minimum absolute atomic E-state index is 0.582. The van der Waals surface area contributed by atoms with Crippen molar-refractivity contribution in [1.29, 1.82) is 0 Å². The second kappa shape index (κ2) is 16.4. The molecule has 68 heavy (non-hydrogen) atoms.